The van der Waals surface area contributed by atoms with E-state index >= 15 is 0 Å². The highest BCUT2D eigenvalue weighted by atomic mass is 32.2. The van der Waals surface area contributed by atoms with Crippen molar-refractivity contribution >= 4 is 16.0 Å². The van der Waals surface area contributed by atoms with Crippen LogP contribution in [0, 0.1) is 5.92 Å². The molecular formula is C13H20N2O4S. The van der Waals surface area contributed by atoms with Gasteiger partial charge >= 0.3 is 5.97 Å². The lowest BCUT2D eigenvalue weighted by molar-refractivity contribution is -0.149. The minimum absolute atomic E-state index is 0.204. The highest BCUT2D eigenvalue weighted by Crippen LogP contribution is 2.24. The van der Waals surface area contributed by atoms with E-state index < -0.39 is 10.0 Å². The van der Waals surface area contributed by atoms with Gasteiger partial charge in [0.05, 0.1) is 17.4 Å². The van der Waals surface area contributed by atoms with Crippen LogP contribution >= 0.6 is 0 Å². The van der Waals surface area contributed by atoms with Crippen molar-refractivity contribution in [3.8, 4) is 0 Å². The number of aryl methyl sites for hydroxylation is 1. The molecule has 0 bridgehead atoms. The van der Waals surface area contributed by atoms with Crippen LogP contribution in [0.5, 0.6) is 0 Å². The molecule has 1 atom stereocenters. The van der Waals surface area contributed by atoms with E-state index in [1.807, 2.05) is 0 Å². The van der Waals surface area contributed by atoms with Crippen LogP contribution in [0.3, 0.4) is 0 Å². The number of rotatable bonds is 4. The molecule has 0 aromatic carbocycles. The lowest BCUT2D eigenvalue weighted by Crippen LogP contribution is -2.42. The third-order valence-electron chi connectivity index (χ3n) is 3.45. The van der Waals surface area contributed by atoms with Gasteiger partial charge < -0.3 is 9.30 Å². The van der Waals surface area contributed by atoms with Gasteiger partial charge in [-0.2, -0.15) is 4.31 Å². The zero-order valence-corrected chi connectivity index (χ0v) is 12.6. The third kappa shape index (κ3) is 3.04. The number of carbonyl (C=O) groups excluding carboxylic acids is 1. The molecular weight excluding hydrogens is 280 g/mol. The number of carbonyl (C=O) groups is 1. The van der Waals surface area contributed by atoms with Gasteiger partial charge in [0.15, 0.2) is 0 Å². The molecule has 0 aliphatic carbocycles. The van der Waals surface area contributed by atoms with Crippen LogP contribution < -0.4 is 0 Å². The first-order chi connectivity index (χ1) is 9.45. The normalized spacial score (nSPS) is 20.8. The standard InChI is InChI=1S/C13H20N2O4S/c1-3-19-13(16)11-5-4-7-15(9-11)20(17,18)12-6-8-14(2)10-12/h6,8,10-11H,3-5,7,9H2,1-2H3/t11-/m0/s1. The lowest BCUT2D eigenvalue weighted by Gasteiger charge is -2.30. The molecule has 1 aromatic heterocycles. The lowest BCUT2D eigenvalue weighted by atomic mass is 10.0. The van der Waals surface area contributed by atoms with Crippen LogP contribution in [0.15, 0.2) is 23.4 Å². The number of esters is 1. The van der Waals surface area contributed by atoms with Crippen LogP contribution in [0.4, 0.5) is 0 Å². The van der Waals surface area contributed by atoms with Crippen LogP contribution in [0.1, 0.15) is 19.8 Å². The Morgan fingerprint density at radius 2 is 2.25 bits per heavy atom. The molecule has 0 unspecified atom stereocenters. The number of hydrogen-bond donors (Lipinski definition) is 0. The predicted molar refractivity (Wildman–Crippen MR) is 73.5 cm³/mol. The maximum atomic E-state index is 12.5. The highest BCUT2D eigenvalue weighted by molar-refractivity contribution is 7.89. The van der Waals surface area contributed by atoms with E-state index in [1.54, 1.807) is 37.0 Å². The maximum Gasteiger partial charge on any atom is 0.310 e. The van der Waals surface area contributed by atoms with Gasteiger partial charge in [0.2, 0.25) is 10.0 Å². The molecule has 1 saturated heterocycles. The summed E-state index contributed by atoms with van der Waals surface area (Å²) in [6, 6.07) is 1.57. The number of hydrogen-bond acceptors (Lipinski definition) is 4. The van der Waals surface area contributed by atoms with Crippen molar-refractivity contribution in [3.05, 3.63) is 18.5 Å². The molecule has 112 valence electrons. The summed E-state index contributed by atoms with van der Waals surface area (Å²) in [5.74, 6) is -0.664. The first-order valence-electron chi connectivity index (χ1n) is 6.74. The van der Waals surface area contributed by atoms with Gasteiger partial charge in [0.25, 0.3) is 0 Å². The van der Waals surface area contributed by atoms with Gasteiger partial charge in [-0.3, -0.25) is 4.79 Å². The minimum atomic E-state index is -3.52. The third-order valence-corrected chi connectivity index (χ3v) is 5.30. The van der Waals surface area contributed by atoms with Crippen LogP contribution in [-0.4, -0.2) is 43.0 Å². The van der Waals surface area contributed by atoms with Gasteiger partial charge in [-0.1, -0.05) is 0 Å². The fourth-order valence-electron chi connectivity index (χ4n) is 2.39. The number of sulfonamides is 1. The van der Waals surface area contributed by atoms with Crippen molar-refractivity contribution in [1.29, 1.82) is 0 Å². The van der Waals surface area contributed by atoms with Crippen molar-refractivity contribution in [1.82, 2.24) is 8.87 Å². The summed E-state index contributed by atoms with van der Waals surface area (Å²) < 4.78 is 33.0. The van der Waals surface area contributed by atoms with E-state index in [2.05, 4.69) is 0 Å². The molecule has 1 aliphatic heterocycles. The predicted octanol–water partition coefficient (Wildman–Crippen LogP) is 0.989. The molecule has 1 fully saturated rings. The SMILES string of the molecule is CCOC(=O)[C@H]1CCCN(S(=O)(=O)c2ccn(C)c2)C1. The molecule has 1 aliphatic rings. The summed E-state index contributed by atoms with van der Waals surface area (Å²) in [7, 11) is -1.74. The molecule has 0 spiro atoms. The molecule has 1 aromatic rings. The number of ether oxygens (including phenoxy) is 1. The number of aromatic nitrogens is 1. The highest BCUT2D eigenvalue weighted by Gasteiger charge is 2.34. The Morgan fingerprint density at radius 3 is 2.85 bits per heavy atom. The van der Waals surface area contributed by atoms with Crippen LogP contribution in [0.2, 0.25) is 0 Å². The first kappa shape index (κ1) is 15.1. The Hall–Kier alpha value is -1.34. The molecule has 0 saturated carbocycles. The summed E-state index contributed by atoms with van der Waals surface area (Å²) in [6.45, 7) is 2.73. The molecule has 2 rings (SSSR count). The van der Waals surface area contributed by atoms with E-state index in [0.29, 0.717) is 26.0 Å². The van der Waals surface area contributed by atoms with Gasteiger partial charge in [-0.15, -0.1) is 0 Å². The zero-order chi connectivity index (χ0) is 14.8. The van der Waals surface area contributed by atoms with E-state index in [1.165, 1.54) is 4.31 Å². The van der Waals surface area contributed by atoms with Crippen molar-refractivity contribution in [2.24, 2.45) is 13.0 Å². The average Bonchev–Trinajstić information content (AvgIpc) is 2.86. The summed E-state index contributed by atoms with van der Waals surface area (Å²) >= 11 is 0. The first-order valence-corrected chi connectivity index (χ1v) is 8.18. The monoisotopic (exact) mass is 300 g/mol. The van der Waals surface area contributed by atoms with Gasteiger partial charge in [-0.25, -0.2) is 8.42 Å². The largest absolute Gasteiger partial charge is 0.466 e. The molecule has 6 nitrogen and oxygen atoms in total. The second-order valence-corrected chi connectivity index (χ2v) is 6.90. The number of piperidine rings is 1. The second kappa shape index (κ2) is 5.97. The van der Waals surface area contributed by atoms with E-state index in [4.69, 9.17) is 4.74 Å². The van der Waals surface area contributed by atoms with Crippen molar-refractivity contribution in [3.63, 3.8) is 0 Å². The maximum absolute atomic E-state index is 12.5. The Balaban J connectivity index is 2.14. The fraction of sp³-hybridized carbons (Fsp3) is 0.615. The van der Waals surface area contributed by atoms with Gasteiger partial charge in [0.1, 0.15) is 0 Å². The topological polar surface area (TPSA) is 68.6 Å². The van der Waals surface area contributed by atoms with E-state index in [9.17, 15) is 13.2 Å². The molecule has 0 amide bonds. The Kier molecular flexibility index (Phi) is 4.49. The minimum Gasteiger partial charge on any atom is -0.466 e. The zero-order valence-electron chi connectivity index (χ0n) is 11.8. The quantitative estimate of drug-likeness (QED) is 0.778. The molecule has 2 heterocycles. The van der Waals surface area contributed by atoms with E-state index in [-0.39, 0.29) is 23.3 Å². The van der Waals surface area contributed by atoms with Crippen LogP contribution in [0.25, 0.3) is 0 Å². The summed E-state index contributed by atoms with van der Waals surface area (Å²) in [6.07, 6.45) is 4.62. The van der Waals surface area contributed by atoms with Crippen LogP contribution in [-0.2, 0) is 26.6 Å². The number of nitrogens with zero attached hydrogens (tertiary/aromatic N) is 2. The second-order valence-electron chi connectivity index (χ2n) is 4.97. The van der Waals surface area contributed by atoms with Gasteiger partial charge in [-0.05, 0) is 25.8 Å². The van der Waals surface area contributed by atoms with Gasteiger partial charge in [0, 0.05) is 32.5 Å². The Morgan fingerprint density at radius 1 is 1.50 bits per heavy atom. The Bertz CT molecular complexity index is 579. The molecule has 0 N–H and O–H groups in total. The Labute approximate surface area is 119 Å². The van der Waals surface area contributed by atoms with E-state index in [0.717, 1.165) is 0 Å². The molecule has 7 heteroatoms. The smallest absolute Gasteiger partial charge is 0.310 e. The van der Waals surface area contributed by atoms with Crippen molar-refractivity contribution in [2.45, 2.75) is 24.7 Å². The summed E-state index contributed by atoms with van der Waals surface area (Å²) in [5, 5.41) is 0. The summed E-state index contributed by atoms with van der Waals surface area (Å²) in [5.41, 5.74) is 0. The van der Waals surface area contributed by atoms with Crippen molar-refractivity contribution < 1.29 is 17.9 Å². The molecule has 0 radical (unpaired) electrons. The molecule has 20 heavy (non-hydrogen) atoms. The fourth-order valence-corrected chi connectivity index (χ4v) is 3.97. The summed E-state index contributed by atoms with van der Waals surface area (Å²) in [4.78, 5) is 12.0. The average molecular weight is 300 g/mol. The van der Waals surface area contributed by atoms with Crippen molar-refractivity contribution in [2.75, 3.05) is 19.7 Å².